The van der Waals surface area contributed by atoms with Crippen LogP contribution in [0.4, 0.5) is 5.69 Å². The van der Waals surface area contributed by atoms with Crippen molar-refractivity contribution >= 4 is 15.5 Å². The number of benzene rings is 1. The van der Waals surface area contributed by atoms with E-state index >= 15 is 0 Å². The second kappa shape index (κ2) is 6.02. The summed E-state index contributed by atoms with van der Waals surface area (Å²) in [5.41, 5.74) is 0.816. The molecule has 0 amide bonds. The average molecular weight is 257 g/mol. The summed E-state index contributed by atoms with van der Waals surface area (Å²) in [5.74, 6) is 0.377. The molecule has 1 aromatic carbocycles. The summed E-state index contributed by atoms with van der Waals surface area (Å²) in [6.45, 7) is 3.50. The summed E-state index contributed by atoms with van der Waals surface area (Å²) in [5, 5.41) is 3.20. The van der Waals surface area contributed by atoms with Crippen LogP contribution in [0.25, 0.3) is 0 Å². The largest absolute Gasteiger partial charge is 0.385 e. The highest BCUT2D eigenvalue weighted by atomic mass is 32.2. The Morgan fingerprint density at radius 1 is 1.41 bits per heavy atom. The number of rotatable bonds is 6. The first-order valence-corrected chi connectivity index (χ1v) is 7.35. The summed E-state index contributed by atoms with van der Waals surface area (Å²) < 4.78 is 27.8. The summed E-state index contributed by atoms with van der Waals surface area (Å²) in [6.07, 6.45) is 1.21. The van der Waals surface area contributed by atoms with Crippen LogP contribution in [0.15, 0.2) is 29.2 Å². The molecule has 4 nitrogen and oxygen atoms in total. The van der Waals surface area contributed by atoms with Crippen LogP contribution in [0.3, 0.4) is 0 Å². The van der Waals surface area contributed by atoms with Crippen LogP contribution in [-0.4, -0.2) is 34.9 Å². The van der Waals surface area contributed by atoms with Crippen molar-refractivity contribution in [2.24, 2.45) is 5.92 Å². The average Bonchev–Trinajstić information content (AvgIpc) is 2.26. The van der Waals surface area contributed by atoms with Crippen LogP contribution in [0.2, 0.25) is 0 Å². The van der Waals surface area contributed by atoms with E-state index in [4.69, 9.17) is 4.74 Å². The number of methoxy groups -OCH3 is 1. The van der Waals surface area contributed by atoms with Gasteiger partial charge in [0.05, 0.1) is 11.5 Å². The number of anilines is 1. The Morgan fingerprint density at radius 3 is 2.71 bits per heavy atom. The first kappa shape index (κ1) is 14.0. The molecule has 0 spiro atoms. The molecule has 0 saturated carbocycles. The molecular formula is C12H19NO3S. The molecule has 1 unspecified atom stereocenters. The second-order valence-corrected chi connectivity index (χ2v) is 6.26. The smallest absolute Gasteiger partial charge is 0.175 e. The van der Waals surface area contributed by atoms with Gasteiger partial charge in [-0.1, -0.05) is 13.0 Å². The zero-order valence-corrected chi connectivity index (χ0v) is 11.3. The molecule has 0 bridgehead atoms. The summed E-state index contributed by atoms with van der Waals surface area (Å²) in [4.78, 5) is 0.335. The molecule has 17 heavy (non-hydrogen) atoms. The lowest BCUT2D eigenvalue weighted by molar-refractivity contribution is 0.164. The fourth-order valence-electron chi connectivity index (χ4n) is 1.47. The molecule has 5 heteroatoms. The summed E-state index contributed by atoms with van der Waals surface area (Å²) >= 11 is 0. The van der Waals surface area contributed by atoms with Gasteiger partial charge in [-0.2, -0.15) is 0 Å². The van der Waals surface area contributed by atoms with Crippen molar-refractivity contribution in [1.82, 2.24) is 0 Å². The second-order valence-electron chi connectivity index (χ2n) is 4.24. The molecule has 0 aromatic heterocycles. The van der Waals surface area contributed by atoms with Crippen LogP contribution in [0.5, 0.6) is 0 Å². The van der Waals surface area contributed by atoms with E-state index in [9.17, 15) is 8.42 Å². The molecule has 0 aliphatic rings. The fourth-order valence-corrected chi connectivity index (χ4v) is 2.14. The monoisotopic (exact) mass is 257 g/mol. The van der Waals surface area contributed by atoms with Gasteiger partial charge in [-0.15, -0.1) is 0 Å². The van der Waals surface area contributed by atoms with Gasteiger partial charge >= 0.3 is 0 Å². The molecule has 1 aromatic rings. The van der Waals surface area contributed by atoms with Gasteiger partial charge in [-0.3, -0.25) is 0 Å². The molecule has 1 N–H and O–H groups in total. The number of ether oxygens (including phenoxy) is 1. The van der Waals surface area contributed by atoms with Gasteiger partial charge in [-0.25, -0.2) is 8.42 Å². The molecule has 1 atom stereocenters. The Bertz CT molecular complexity index is 457. The molecule has 0 aliphatic heterocycles. The predicted molar refractivity (Wildman–Crippen MR) is 69.1 cm³/mol. The Balaban J connectivity index is 2.67. The van der Waals surface area contributed by atoms with E-state index in [2.05, 4.69) is 12.2 Å². The summed E-state index contributed by atoms with van der Waals surface area (Å²) in [6, 6.07) is 6.84. The van der Waals surface area contributed by atoms with Crippen molar-refractivity contribution in [1.29, 1.82) is 0 Å². The standard InChI is InChI=1S/C12H19NO3S/c1-10(9-16-2)8-13-11-5-4-6-12(7-11)17(3,14)15/h4-7,10,13H,8-9H2,1-3H3. The van der Waals surface area contributed by atoms with Crippen molar-refractivity contribution in [3.8, 4) is 0 Å². The third kappa shape index (κ3) is 4.75. The third-order valence-corrected chi connectivity index (χ3v) is 3.48. The maximum atomic E-state index is 11.4. The number of nitrogens with one attached hydrogen (secondary N) is 1. The first-order valence-electron chi connectivity index (χ1n) is 5.46. The Morgan fingerprint density at radius 2 is 2.12 bits per heavy atom. The quantitative estimate of drug-likeness (QED) is 0.844. The van der Waals surface area contributed by atoms with E-state index in [1.165, 1.54) is 6.26 Å². The minimum absolute atomic E-state index is 0.335. The molecular weight excluding hydrogens is 238 g/mol. The zero-order chi connectivity index (χ0) is 12.9. The molecule has 0 saturated heterocycles. The number of sulfone groups is 1. The highest BCUT2D eigenvalue weighted by molar-refractivity contribution is 7.90. The van der Waals surface area contributed by atoms with Crippen LogP contribution < -0.4 is 5.32 Å². The van der Waals surface area contributed by atoms with Gasteiger partial charge in [0, 0.05) is 25.6 Å². The van der Waals surface area contributed by atoms with Crippen LogP contribution >= 0.6 is 0 Å². The van der Waals surface area contributed by atoms with Gasteiger partial charge < -0.3 is 10.1 Å². The van der Waals surface area contributed by atoms with E-state index in [1.807, 2.05) is 6.07 Å². The minimum Gasteiger partial charge on any atom is -0.385 e. The molecule has 1 rings (SSSR count). The SMILES string of the molecule is COCC(C)CNc1cccc(S(C)(=O)=O)c1. The predicted octanol–water partition coefficient (Wildman–Crippen LogP) is 1.78. The topological polar surface area (TPSA) is 55.4 Å². The van der Waals surface area contributed by atoms with Gasteiger partial charge in [0.15, 0.2) is 9.84 Å². The van der Waals surface area contributed by atoms with Gasteiger partial charge in [0.25, 0.3) is 0 Å². The normalized spacial score (nSPS) is 13.4. The van der Waals surface area contributed by atoms with Crippen molar-refractivity contribution in [2.75, 3.05) is 31.8 Å². The van der Waals surface area contributed by atoms with Crippen molar-refractivity contribution in [3.63, 3.8) is 0 Å². The van der Waals surface area contributed by atoms with Crippen molar-refractivity contribution in [2.45, 2.75) is 11.8 Å². The molecule has 0 fully saturated rings. The zero-order valence-electron chi connectivity index (χ0n) is 10.4. The highest BCUT2D eigenvalue weighted by Crippen LogP contribution is 2.15. The van der Waals surface area contributed by atoms with Gasteiger partial charge in [0.1, 0.15) is 0 Å². The Hall–Kier alpha value is -1.07. The van der Waals surface area contributed by atoms with Crippen LogP contribution in [0.1, 0.15) is 6.92 Å². The fraction of sp³-hybridized carbons (Fsp3) is 0.500. The van der Waals surface area contributed by atoms with Crippen LogP contribution in [-0.2, 0) is 14.6 Å². The lowest BCUT2D eigenvalue weighted by Gasteiger charge is -2.13. The van der Waals surface area contributed by atoms with Gasteiger partial charge in [-0.05, 0) is 24.1 Å². The Labute approximate surface area is 103 Å². The van der Waals surface area contributed by atoms with E-state index in [1.54, 1.807) is 25.3 Å². The van der Waals surface area contributed by atoms with Gasteiger partial charge in [0.2, 0.25) is 0 Å². The van der Waals surface area contributed by atoms with E-state index in [-0.39, 0.29) is 0 Å². The van der Waals surface area contributed by atoms with E-state index < -0.39 is 9.84 Å². The Kier molecular flexibility index (Phi) is 4.96. The summed E-state index contributed by atoms with van der Waals surface area (Å²) in [7, 11) is -1.47. The number of hydrogen-bond donors (Lipinski definition) is 1. The minimum atomic E-state index is -3.14. The first-order chi connectivity index (χ1) is 7.93. The highest BCUT2D eigenvalue weighted by Gasteiger charge is 2.07. The van der Waals surface area contributed by atoms with E-state index in [0.29, 0.717) is 17.4 Å². The lowest BCUT2D eigenvalue weighted by atomic mass is 10.2. The molecule has 96 valence electrons. The molecule has 0 aliphatic carbocycles. The molecule has 0 heterocycles. The number of hydrogen-bond acceptors (Lipinski definition) is 4. The maximum Gasteiger partial charge on any atom is 0.175 e. The lowest BCUT2D eigenvalue weighted by Crippen LogP contribution is -2.15. The van der Waals surface area contributed by atoms with Crippen molar-refractivity contribution < 1.29 is 13.2 Å². The van der Waals surface area contributed by atoms with Crippen LogP contribution in [0, 0.1) is 5.92 Å². The molecule has 0 radical (unpaired) electrons. The third-order valence-electron chi connectivity index (χ3n) is 2.37. The van der Waals surface area contributed by atoms with Crippen molar-refractivity contribution in [3.05, 3.63) is 24.3 Å². The van der Waals surface area contributed by atoms with E-state index in [0.717, 1.165) is 12.2 Å². The maximum absolute atomic E-state index is 11.4.